The van der Waals surface area contributed by atoms with Crippen molar-refractivity contribution in [1.29, 1.82) is 0 Å². The molecule has 0 spiro atoms. The highest BCUT2D eigenvalue weighted by molar-refractivity contribution is 6.31. The van der Waals surface area contributed by atoms with Crippen LogP contribution < -0.4 is 0 Å². The van der Waals surface area contributed by atoms with E-state index in [4.69, 9.17) is 11.6 Å². The van der Waals surface area contributed by atoms with E-state index in [-0.39, 0.29) is 0 Å². The number of hydrogen-bond donors (Lipinski definition) is 0. The van der Waals surface area contributed by atoms with Crippen LogP contribution in [0.2, 0.25) is 5.02 Å². The molecule has 0 fully saturated rings. The van der Waals surface area contributed by atoms with Crippen molar-refractivity contribution in [3.05, 3.63) is 34.3 Å². The highest BCUT2D eigenvalue weighted by atomic mass is 35.5. The van der Waals surface area contributed by atoms with Crippen molar-refractivity contribution in [3.63, 3.8) is 0 Å². The fourth-order valence-corrected chi connectivity index (χ4v) is 1.22. The first kappa shape index (κ1) is 9.16. The van der Waals surface area contributed by atoms with Gasteiger partial charge in [-0.25, -0.2) is 0 Å². The lowest BCUT2D eigenvalue weighted by molar-refractivity contribution is 1.25. The fraction of sp³-hybridized carbons (Fsp3) is 0.273. The second-order valence-electron chi connectivity index (χ2n) is 2.63. The van der Waals surface area contributed by atoms with Gasteiger partial charge in [0.1, 0.15) is 0 Å². The van der Waals surface area contributed by atoms with E-state index in [1.165, 1.54) is 5.56 Å². The lowest BCUT2D eigenvalue weighted by Crippen LogP contribution is -1.87. The van der Waals surface area contributed by atoms with Crippen molar-refractivity contribution in [3.8, 4) is 11.8 Å². The van der Waals surface area contributed by atoms with Crippen molar-refractivity contribution in [2.75, 3.05) is 0 Å². The Morgan fingerprint density at radius 2 is 2.17 bits per heavy atom. The molecule has 62 valence electrons. The molecular formula is C11H11Cl. The molecule has 1 aromatic rings. The van der Waals surface area contributed by atoms with E-state index >= 15 is 0 Å². The molecule has 1 rings (SSSR count). The van der Waals surface area contributed by atoms with E-state index in [0.717, 1.165) is 17.0 Å². The second-order valence-corrected chi connectivity index (χ2v) is 3.03. The molecule has 0 heterocycles. The van der Waals surface area contributed by atoms with Crippen molar-refractivity contribution >= 4 is 11.6 Å². The Balaban J connectivity index is 2.97. The van der Waals surface area contributed by atoms with Crippen LogP contribution in [-0.4, -0.2) is 0 Å². The molecule has 0 unspecified atom stereocenters. The van der Waals surface area contributed by atoms with Gasteiger partial charge in [0.15, 0.2) is 0 Å². The van der Waals surface area contributed by atoms with E-state index < -0.39 is 0 Å². The Kier molecular flexibility index (Phi) is 3.19. The van der Waals surface area contributed by atoms with Crippen molar-refractivity contribution < 1.29 is 0 Å². The van der Waals surface area contributed by atoms with Crippen LogP contribution in [0.5, 0.6) is 0 Å². The van der Waals surface area contributed by atoms with Crippen molar-refractivity contribution in [1.82, 2.24) is 0 Å². The number of hydrogen-bond acceptors (Lipinski definition) is 0. The van der Waals surface area contributed by atoms with Gasteiger partial charge in [0.05, 0.1) is 0 Å². The molecule has 1 heteroatoms. The van der Waals surface area contributed by atoms with Gasteiger partial charge in [-0.1, -0.05) is 29.7 Å². The predicted molar refractivity (Wildman–Crippen MR) is 53.3 cm³/mol. The number of benzene rings is 1. The van der Waals surface area contributed by atoms with E-state index in [1.807, 2.05) is 26.0 Å². The minimum absolute atomic E-state index is 0.795. The SMILES string of the molecule is CC#CCc1cccc(Cl)c1C. The number of halogens is 1. The van der Waals surface area contributed by atoms with E-state index in [9.17, 15) is 0 Å². The first-order valence-electron chi connectivity index (χ1n) is 3.89. The molecule has 1 aromatic carbocycles. The van der Waals surface area contributed by atoms with Gasteiger partial charge < -0.3 is 0 Å². The lowest BCUT2D eigenvalue weighted by atomic mass is 10.1. The molecule has 0 atom stereocenters. The summed E-state index contributed by atoms with van der Waals surface area (Å²) >= 11 is 5.94. The van der Waals surface area contributed by atoms with Gasteiger partial charge >= 0.3 is 0 Å². The molecule has 0 aromatic heterocycles. The van der Waals surface area contributed by atoms with Gasteiger partial charge in [-0.15, -0.1) is 5.92 Å². The average molecular weight is 179 g/mol. The minimum Gasteiger partial charge on any atom is -0.106 e. The van der Waals surface area contributed by atoms with E-state index in [2.05, 4.69) is 17.9 Å². The normalized spacial score (nSPS) is 8.92. The zero-order valence-electron chi connectivity index (χ0n) is 7.32. The monoisotopic (exact) mass is 178 g/mol. The van der Waals surface area contributed by atoms with Crippen LogP contribution in [0.15, 0.2) is 18.2 Å². The zero-order valence-corrected chi connectivity index (χ0v) is 8.07. The first-order valence-corrected chi connectivity index (χ1v) is 4.27. The van der Waals surface area contributed by atoms with E-state index in [0.29, 0.717) is 0 Å². The van der Waals surface area contributed by atoms with Crippen LogP contribution in [0.4, 0.5) is 0 Å². The highest BCUT2D eigenvalue weighted by Crippen LogP contribution is 2.18. The van der Waals surface area contributed by atoms with Gasteiger partial charge in [-0.2, -0.15) is 0 Å². The van der Waals surface area contributed by atoms with Gasteiger partial charge in [0.25, 0.3) is 0 Å². The summed E-state index contributed by atoms with van der Waals surface area (Å²) in [6.45, 7) is 3.87. The van der Waals surface area contributed by atoms with Crippen LogP contribution in [0, 0.1) is 18.8 Å². The summed E-state index contributed by atoms with van der Waals surface area (Å²) in [4.78, 5) is 0. The van der Waals surface area contributed by atoms with Gasteiger partial charge in [-0.05, 0) is 31.0 Å². The molecule has 0 saturated carbocycles. The maximum absolute atomic E-state index is 5.94. The Morgan fingerprint density at radius 1 is 1.42 bits per heavy atom. The summed E-state index contributed by atoms with van der Waals surface area (Å²) in [6.07, 6.45) is 0.795. The molecule has 0 aliphatic heterocycles. The molecule has 0 radical (unpaired) electrons. The fourth-order valence-electron chi connectivity index (χ4n) is 1.03. The quantitative estimate of drug-likeness (QED) is 0.580. The smallest absolute Gasteiger partial charge is 0.0438 e. The van der Waals surface area contributed by atoms with Gasteiger partial charge in [0, 0.05) is 11.4 Å². The molecule has 0 N–H and O–H groups in total. The Hall–Kier alpha value is -0.930. The topological polar surface area (TPSA) is 0 Å². The lowest BCUT2D eigenvalue weighted by Gasteiger charge is -2.02. The molecule has 0 bridgehead atoms. The van der Waals surface area contributed by atoms with Crippen LogP contribution in [0.25, 0.3) is 0 Å². The molecule has 0 nitrogen and oxygen atoms in total. The van der Waals surface area contributed by atoms with Crippen molar-refractivity contribution in [2.24, 2.45) is 0 Å². The van der Waals surface area contributed by atoms with E-state index in [1.54, 1.807) is 0 Å². The van der Waals surface area contributed by atoms with Crippen LogP contribution in [0.3, 0.4) is 0 Å². The molecule has 0 amide bonds. The summed E-state index contributed by atoms with van der Waals surface area (Å²) in [5.74, 6) is 5.89. The summed E-state index contributed by atoms with van der Waals surface area (Å²) in [7, 11) is 0. The number of rotatable bonds is 1. The summed E-state index contributed by atoms with van der Waals surface area (Å²) in [5.41, 5.74) is 2.36. The average Bonchev–Trinajstić information content (AvgIpc) is 2.08. The van der Waals surface area contributed by atoms with Crippen LogP contribution in [-0.2, 0) is 6.42 Å². The third kappa shape index (κ3) is 2.03. The highest BCUT2D eigenvalue weighted by Gasteiger charge is 1.98. The third-order valence-electron chi connectivity index (χ3n) is 1.84. The predicted octanol–water partition coefficient (Wildman–Crippen LogP) is 3.21. The zero-order chi connectivity index (χ0) is 8.97. The van der Waals surface area contributed by atoms with Gasteiger partial charge in [-0.3, -0.25) is 0 Å². The molecule has 0 aliphatic rings. The van der Waals surface area contributed by atoms with Gasteiger partial charge in [0.2, 0.25) is 0 Å². The van der Waals surface area contributed by atoms with Crippen LogP contribution in [0.1, 0.15) is 18.1 Å². The second kappa shape index (κ2) is 4.18. The molecule has 0 aliphatic carbocycles. The molecule has 12 heavy (non-hydrogen) atoms. The molecular weight excluding hydrogens is 168 g/mol. The maximum Gasteiger partial charge on any atom is 0.0438 e. The third-order valence-corrected chi connectivity index (χ3v) is 2.24. The Morgan fingerprint density at radius 3 is 2.83 bits per heavy atom. The first-order chi connectivity index (χ1) is 5.75. The summed E-state index contributed by atoms with van der Waals surface area (Å²) in [5, 5.41) is 0.824. The molecule has 0 saturated heterocycles. The minimum atomic E-state index is 0.795. The standard InChI is InChI=1S/C11H11Cl/c1-3-4-6-10-7-5-8-11(12)9(10)2/h5,7-8H,6H2,1-2H3. The summed E-state index contributed by atoms with van der Waals surface area (Å²) < 4.78 is 0. The Bertz CT molecular complexity index is 329. The van der Waals surface area contributed by atoms with Crippen LogP contribution >= 0.6 is 11.6 Å². The summed E-state index contributed by atoms with van der Waals surface area (Å²) in [6, 6.07) is 5.92. The largest absolute Gasteiger partial charge is 0.106 e. The van der Waals surface area contributed by atoms with Crippen molar-refractivity contribution in [2.45, 2.75) is 20.3 Å². The maximum atomic E-state index is 5.94. The Labute approximate surface area is 78.6 Å².